The molecule has 0 aromatic heterocycles. The second-order valence-electron chi connectivity index (χ2n) is 5.54. The van der Waals surface area contributed by atoms with Gasteiger partial charge in [-0.25, -0.2) is 21.6 Å². The minimum absolute atomic E-state index is 0.0591. The first kappa shape index (κ1) is 19.9. The maximum Gasteiger partial charge on any atom is 0.340 e. The van der Waals surface area contributed by atoms with Crippen molar-refractivity contribution in [1.82, 2.24) is 0 Å². The van der Waals surface area contributed by atoms with Crippen molar-refractivity contribution in [2.45, 2.75) is 11.3 Å². The monoisotopic (exact) mass is 397 g/mol. The lowest BCUT2D eigenvalue weighted by Crippen LogP contribution is -2.16. The fourth-order valence-electron chi connectivity index (χ4n) is 2.19. The highest BCUT2D eigenvalue weighted by Gasteiger charge is 2.17. The smallest absolute Gasteiger partial charge is 0.340 e. The van der Waals surface area contributed by atoms with Crippen molar-refractivity contribution >= 4 is 31.5 Å². The Kier molecular flexibility index (Phi) is 6.38. The molecule has 1 N–H and O–H groups in total. The van der Waals surface area contributed by atoms with Gasteiger partial charge in [-0.2, -0.15) is 0 Å². The first-order valence-electron chi connectivity index (χ1n) is 7.71. The summed E-state index contributed by atoms with van der Waals surface area (Å²) in [5.41, 5.74) is 0.167. The number of para-hydroxylation sites is 1. The number of rotatable bonds is 8. The van der Waals surface area contributed by atoms with Crippen LogP contribution in [0.5, 0.6) is 0 Å². The Labute approximate surface area is 153 Å². The molecule has 2 aromatic carbocycles. The highest BCUT2D eigenvalue weighted by Crippen LogP contribution is 2.18. The van der Waals surface area contributed by atoms with Gasteiger partial charge in [-0.1, -0.05) is 30.3 Å². The lowest BCUT2D eigenvalue weighted by molar-refractivity contribution is 0.0507. The van der Waals surface area contributed by atoms with E-state index in [1.54, 1.807) is 30.3 Å². The van der Waals surface area contributed by atoms with E-state index < -0.39 is 25.8 Å². The molecule has 0 heterocycles. The highest BCUT2D eigenvalue weighted by molar-refractivity contribution is 7.92. The molecule has 9 heteroatoms. The number of sulfonamides is 1. The van der Waals surface area contributed by atoms with Crippen molar-refractivity contribution in [3.05, 3.63) is 60.2 Å². The molecule has 0 saturated carbocycles. The molecule has 0 spiro atoms. The van der Waals surface area contributed by atoms with Crippen LogP contribution < -0.4 is 4.72 Å². The Hall–Kier alpha value is -2.39. The number of nitrogens with one attached hydrogen (secondary N) is 1. The molecule has 0 bridgehead atoms. The van der Waals surface area contributed by atoms with Crippen molar-refractivity contribution in [1.29, 1.82) is 0 Å². The molecule has 0 aliphatic heterocycles. The van der Waals surface area contributed by atoms with Gasteiger partial charge in [0.25, 0.3) is 0 Å². The van der Waals surface area contributed by atoms with Gasteiger partial charge in [0.1, 0.15) is 0 Å². The second-order valence-corrected chi connectivity index (χ2v) is 9.40. The van der Waals surface area contributed by atoms with Gasteiger partial charge in [-0.15, -0.1) is 0 Å². The number of sulfone groups is 1. The summed E-state index contributed by atoms with van der Waals surface area (Å²) >= 11 is 0. The van der Waals surface area contributed by atoms with Gasteiger partial charge >= 0.3 is 5.97 Å². The lowest BCUT2D eigenvalue weighted by atomic mass is 10.2. The van der Waals surface area contributed by atoms with Crippen LogP contribution in [0.4, 0.5) is 5.69 Å². The van der Waals surface area contributed by atoms with Crippen molar-refractivity contribution < 1.29 is 26.4 Å². The fraction of sp³-hybridized carbons (Fsp3) is 0.235. The summed E-state index contributed by atoms with van der Waals surface area (Å²) in [6.07, 6.45) is 1.11. The number of hydrogen-bond donors (Lipinski definition) is 1. The van der Waals surface area contributed by atoms with E-state index >= 15 is 0 Å². The number of esters is 1. The Morgan fingerprint density at radius 3 is 2.23 bits per heavy atom. The molecule has 2 rings (SSSR count). The number of carbonyl (C=O) groups excluding carboxylic acids is 1. The predicted octanol–water partition coefficient (Wildman–Crippen LogP) is 2.08. The SMILES string of the molecule is CS(=O)(=O)Nc1ccccc1C(=O)OCCCS(=O)(=O)c1ccccc1. The first-order chi connectivity index (χ1) is 12.2. The van der Waals surface area contributed by atoms with Crippen LogP contribution in [-0.2, 0) is 24.6 Å². The molecule has 26 heavy (non-hydrogen) atoms. The van der Waals surface area contributed by atoms with Gasteiger partial charge in [-0.05, 0) is 30.7 Å². The highest BCUT2D eigenvalue weighted by atomic mass is 32.2. The number of hydrogen-bond acceptors (Lipinski definition) is 6. The van der Waals surface area contributed by atoms with Gasteiger partial charge < -0.3 is 4.74 Å². The molecule has 2 aromatic rings. The van der Waals surface area contributed by atoms with E-state index in [1.807, 2.05) is 0 Å². The van der Waals surface area contributed by atoms with Crippen LogP contribution >= 0.6 is 0 Å². The van der Waals surface area contributed by atoms with Gasteiger partial charge in [-0.3, -0.25) is 4.72 Å². The second kappa shape index (κ2) is 8.33. The molecule has 0 amide bonds. The molecule has 7 nitrogen and oxygen atoms in total. The van der Waals surface area contributed by atoms with Crippen LogP contribution in [0.25, 0.3) is 0 Å². The van der Waals surface area contributed by atoms with E-state index in [1.165, 1.54) is 24.3 Å². The van der Waals surface area contributed by atoms with Crippen LogP contribution in [0.1, 0.15) is 16.8 Å². The van der Waals surface area contributed by atoms with Crippen molar-refractivity contribution in [3.63, 3.8) is 0 Å². The summed E-state index contributed by atoms with van der Waals surface area (Å²) in [5, 5.41) is 0. The molecule has 0 aliphatic carbocycles. The normalized spacial score (nSPS) is 11.7. The average Bonchev–Trinajstić information content (AvgIpc) is 2.58. The number of anilines is 1. The molecule has 0 unspecified atom stereocenters. The molecule has 0 atom stereocenters. The topological polar surface area (TPSA) is 107 Å². The van der Waals surface area contributed by atoms with E-state index in [9.17, 15) is 21.6 Å². The maximum absolute atomic E-state index is 12.1. The number of benzene rings is 2. The summed E-state index contributed by atoms with van der Waals surface area (Å²) in [5.74, 6) is -0.887. The third kappa shape index (κ3) is 5.85. The van der Waals surface area contributed by atoms with Crippen LogP contribution in [0.15, 0.2) is 59.5 Å². The van der Waals surface area contributed by atoms with Crippen molar-refractivity contribution in [2.24, 2.45) is 0 Å². The zero-order valence-corrected chi connectivity index (χ0v) is 15.7. The fourth-order valence-corrected chi connectivity index (χ4v) is 4.07. The molecule has 140 valence electrons. The van der Waals surface area contributed by atoms with Crippen molar-refractivity contribution in [2.75, 3.05) is 23.3 Å². The minimum Gasteiger partial charge on any atom is -0.462 e. The van der Waals surface area contributed by atoms with Crippen LogP contribution in [-0.4, -0.2) is 41.4 Å². The number of carbonyl (C=O) groups is 1. The molecule has 0 fully saturated rings. The Balaban J connectivity index is 1.94. The summed E-state index contributed by atoms with van der Waals surface area (Å²) in [7, 11) is -6.98. The summed E-state index contributed by atoms with van der Waals surface area (Å²) in [4.78, 5) is 12.4. The molecule has 0 radical (unpaired) electrons. The van der Waals surface area contributed by atoms with Crippen LogP contribution in [0.2, 0.25) is 0 Å². The predicted molar refractivity (Wildman–Crippen MR) is 98.3 cm³/mol. The summed E-state index contributed by atoms with van der Waals surface area (Å²) < 4.78 is 54.3. The molecular formula is C17H19NO6S2. The van der Waals surface area contributed by atoms with Gasteiger partial charge in [0.05, 0.1) is 34.8 Å². The Bertz CT molecular complexity index is 969. The van der Waals surface area contributed by atoms with Gasteiger partial charge in [0.2, 0.25) is 10.0 Å². The minimum atomic E-state index is -3.55. The maximum atomic E-state index is 12.1. The van der Waals surface area contributed by atoms with Gasteiger partial charge in [0, 0.05) is 0 Å². The van der Waals surface area contributed by atoms with Crippen LogP contribution in [0, 0.1) is 0 Å². The van der Waals surface area contributed by atoms with E-state index in [2.05, 4.69) is 4.72 Å². The Morgan fingerprint density at radius 2 is 1.58 bits per heavy atom. The summed E-state index contributed by atoms with van der Waals surface area (Å²) in [6.45, 7) is -0.0991. The van der Waals surface area contributed by atoms with E-state index in [4.69, 9.17) is 4.74 Å². The van der Waals surface area contributed by atoms with E-state index in [-0.39, 0.29) is 34.9 Å². The summed E-state index contributed by atoms with van der Waals surface area (Å²) in [6, 6.07) is 14.0. The lowest BCUT2D eigenvalue weighted by Gasteiger charge is -2.10. The molecular weight excluding hydrogens is 378 g/mol. The zero-order chi connectivity index (χ0) is 19.2. The van der Waals surface area contributed by atoms with Gasteiger partial charge in [0.15, 0.2) is 9.84 Å². The average molecular weight is 397 g/mol. The number of ether oxygens (including phenoxy) is 1. The third-order valence-corrected chi connectivity index (χ3v) is 5.74. The molecule has 0 saturated heterocycles. The molecule has 0 aliphatic rings. The first-order valence-corrected chi connectivity index (χ1v) is 11.3. The third-order valence-electron chi connectivity index (χ3n) is 3.34. The Morgan fingerprint density at radius 1 is 0.962 bits per heavy atom. The van der Waals surface area contributed by atoms with E-state index in [0.717, 1.165) is 6.26 Å². The van der Waals surface area contributed by atoms with E-state index in [0.29, 0.717) is 0 Å². The van der Waals surface area contributed by atoms with Crippen LogP contribution in [0.3, 0.4) is 0 Å². The quantitative estimate of drug-likeness (QED) is 0.540. The zero-order valence-electron chi connectivity index (χ0n) is 14.1. The van der Waals surface area contributed by atoms with Crippen molar-refractivity contribution in [3.8, 4) is 0 Å². The largest absolute Gasteiger partial charge is 0.462 e. The standard InChI is InChI=1S/C17H19NO6S2/c1-25(20,21)18-16-11-6-5-10-15(16)17(19)24-12-7-13-26(22,23)14-8-3-2-4-9-14/h2-6,8-11,18H,7,12-13H2,1H3.